The van der Waals surface area contributed by atoms with Gasteiger partial charge in [0, 0.05) is 22.4 Å². The summed E-state index contributed by atoms with van der Waals surface area (Å²) in [5.41, 5.74) is 3.36. The molecule has 0 amide bonds. The molecule has 0 radical (unpaired) electrons. The maximum Gasteiger partial charge on any atom is 0.200 e. The molecule has 1 aliphatic rings. The summed E-state index contributed by atoms with van der Waals surface area (Å²) < 4.78 is 38.3. The van der Waals surface area contributed by atoms with Crippen LogP contribution < -0.4 is 5.32 Å². The van der Waals surface area contributed by atoms with Gasteiger partial charge in [-0.15, -0.1) is 0 Å². The van der Waals surface area contributed by atoms with E-state index in [0.717, 1.165) is 0 Å². The Bertz CT molecular complexity index is 1390. The number of hydrogen-bond acceptors (Lipinski definition) is 5. The Hall–Kier alpha value is -3.26. The summed E-state index contributed by atoms with van der Waals surface area (Å²) in [6.07, 6.45) is 1.63. The van der Waals surface area contributed by atoms with Crippen molar-refractivity contribution in [2.45, 2.75) is 11.8 Å². The van der Waals surface area contributed by atoms with Crippen molar-refractivity contribution >= 4 is 48.7 Å². The van der Waals surface area contributed by atoms with E-state index < -0.39 is 9.84 Å². The molecule has 0 aliphatic carbocycles. The normalized spacial score (nSPS) is 15.1. The van der Waals surface area contributed by atoms with Gasteiger partial charge in [-0.05, 0) is 54.5 Å². The van der Waals surface area contributed by atoms with Crippen LogP contribution in [0.5, 0.6) is 0 Å². The monoisotopic (exact) mass is 380 g/mol. The largest absolute Gasteiger partial charge is 0.338 e. The number of nitrogens with zero attached hydrogens (tertiary/aromatic N) is 2. The Morgan fingerprint density at radius 3 is 2.81 bits per heavy atom. The van der Waals surface area contributed by atoms with E-state index in [-0.39, 0.29) is 10.7 Å². The zero-order valence-electron chi connectivity index (χ0n) is 14.1. The summed E-state index contributed by atoms with van der Waals surface area (Å²) in [7, 11) is -3.45. The number of nitrogens with one attached hydrogen (secondary N) is 2. The molecule has 2 N–H and O–H groups in total. The number of benzene rings is 2. The Balaban J connectivity index is 1.69. The SMILES string of the molecule is CC1=CS(=O)(=O)c2cc3c(Nc4n[nH]c5ccc(F)cc45)ccnc3cc21. The van der Waals surface area contributed by atoms with Gasteiger partial charge in [-0.3, -0.25) is 10.1 Å². The minimum atomic E-state index is -3.45. The molecule has 0 bridgehead atoms. The predicted molar refractivity (Wildman–Crippen MR) is 102 cm³/mol. The summed E-state index contributed by atoms with van der Waals surface area (Å²) in [5.74, 6) is 0.0895. The molecule has 0 atom stereocenters. The summed E-state index contributed by atoms with van der Waals surface area (Å²) in [6.45, 7) is 1.77. The molecule has 0 unspecified atom stereocenters. The van der Waals surface area contributed by atoms with Gasteiger partial charge in [0.25, 0.3) is 0 Å². The number of anilines is 2. The van der Waals surface area contributed by atoms with Crippen LogP contribution in [-0.2, 0) is 9.84 Å². The molecule has 4 aromatic rings. The van der Waals surface area contributed by atoms with Crippen LogP contribution in [0, 0.1) is 5.82 Å². The first-order chi connectivity index (χ1) is 12.9. The molecular weight excluding hydrogens is 367 g/mol. The summed E-state index contributed by atoms with van der Waals surface area (Å²) in [5, 5.41) is 12.7. The Labute approximate surface area is 153 Å². The maximum atomic E-state index is 13.6. The van der Waals surface area contributed by atoms with Gasteiger partial charge in [0.15, 0.2) is 5.82 Å². The molecule has 2 aromatic carbocycles. The van der Waals surface area contributed by atoms with Crippen molar-refractivity contribution in [3.63, 3.8) is 0 Å². The smallest absolute Gasteiger partial charge is 0.200 e. The van der Waals surface area contributed by atoms with Gasteiger partial charge >= 0.3 is 0 Å². The van der Waals surface area contributed by atoms with Gasteiger partial charge in [-0.1, -0.05) is 0 Å². The van der Waals surface area contributed by atoms with Crippen LogP contribution in [0.25, 0.3) is 27.4 Å². The fourth-order valence-corrected chi connectivity index (χ4v) is 4.92. The highest BCUT2D eigenvalue weighted by molar-refractivity contribution is 7.95. The van der Waals surface area contributed by atoms with Gasteiger partial charge < -0.3 is 5.32 Å². The van der Waals surface area contributed by atoms with Crippen molar-refractivity contribution in [2.75, 3.05) is 5.32 Å². The van der Waals surface area contributed by atoms with E-state index in [2.05, 4.69) is 20.5 Å². The molecule has 8 heteroatoms. The van der Waals surface area contributed by atoms with Gasteiger partial charge in [0.2, 0.25) is 9.84 Å². The van der Waals surface area contributed by atoms with Crippen LogP contribution in [-0.4, -0.2) is 23.6 Å². The zero-order chi connectivity index (χ0) is 18.8. The van der Waals surface area contributed by atoms with Crippen molar-refractivity contribution in [2.24, 2.45) is 0 Å². The second-order valence-electron chi connectivity index (χ2n) is 6.46. The lowest BCUT2D eigenvalue weighted by Crippen LogP contribution is -1.97. The number of allylic oxidation sites excluding steroid dienone is 1. The number of fused-ring (bicyclic) bond motifs is 3. The number of hydrogen-bond donors (Lipinski definition) is 2. The second kappa shape index (κ2) is 5.37. The fourth-order valence-electron chi connectivity index (χ4n) is 3.39. The first-order valence-corrected chi connectivity index (χ1v) is 9.74. The number of H-pyrrole nitrogens is 1. The maximum absolute atomic E-state index is 13.6. The molecule has 0 fully saturated rings. The summed E-state index contributed by atoms with van der Waals surface area (Å²) >= 11 is 0. The quantitative estimate of drug-likeness (QED) is 0.546. The summed E-state index contributed by atoms with van der Waals surface area (Å²) in [4.78, 5) is 4.62. The Morgan fingerprint density at radius 2 is 1.96 bits per heavy atom. The van der Waals surface area contributed by atoms with Crippen molar-refractivity contribution in [3.8, 4) is 0 Å². The number of aromatic nitrogens is 3. The highest BCUT2D eigenvalue weighted by Crippen LogP contribution is 2.38. The van der Waals surface area contributed by atoms with Gasteiger partial charge in [0.05, 0.1) is 21.6 Å². The van der Waals surface area contributed by atoms with E-state index in [1.54, 1.807) is 37.4 Å². The predicted octanol–water partition coefficient (Wildman–Crippen LogP) is 4.14. The molecule has 5 rings (SSSR count). The number of halogens is 1. The number of sulfone groups is 1. The van der Waals surface area contributed by atoms with Crippen molar-refractivity contribution in [1.29, 1.82) is 0 Å². The molecule has 6 nitrogen and oxygen atoms in total. The second-order valence-corrected chi connectivity index (χ2v) is 8.22. The minimum Gasteiger partial charge on any atom is -0.338 e. The fraction of sp³-hybridized carbons (Fsp3) is 0.0526. The van der Waals surface area contributed by atoms with Crippen LogP contribution in [0.3, 0.4) is 0 Å². The number of pyridine rings is 1. The van der Waals surface area contributed by atoms with Gasteiger partial charge in [-0.25, -0.2) is 12.8 Å². The van der Waals surface area contributed by atoms with Crippen molar-refractivity contribution in [3.05, 3.63) is 59.4 Å². The number of rotatable bonds is 2. The third-order valence-corrected chi connectivity index (χ3v) is 6.30. The third-order valence-electron chi connectivity index (χ3n) is 4.68. The lowest BCUT2D eigenvalue weighted by Gasteiger charge is -2.10. The molecule has 0 saturated heterocycles. The average Bonchev–Trinajstić information content (AvgIpc) is 3.12. The van der Waals surface area contributed by atoms with Crippen LogP contribution in [0.1, 0.15) is 12.5 Å². The molecule has 1 aliphatic heterocycles. The van der Waals surface area contributed by atoms with E-state index in [4.69, 9.17) is 0 Å². The third kappa shape index (κ3) is 2.41. The standard InChI is InChI=1S/C19H13FN4O2S/c1-10-9-27(25,26)18-8-13-15(4-5-21-17(13)7-12(10)18)22-19-14-6-11(20)2-3-16(14)23-24-19/h2-9H,1H3,(H2,21,22,23,24). The molecule has 27 heavy (non-hydrogen) atoms. The average molecular weight is 380 g/mol. The Kier molecular flexibility index (Phi) is 3.17. The highest BCUT2D eigenvalue weighted by atomic mass is 32.2. The highest BCUT2D eigenvalue weighted by Gasteiger charge is 2.26. The van der Waals surface area contributed by atoms with Gasteiger partial charge in [-0.2, -0.15) is 5.10 Å². The van der Waals surface area contributed by atoms with E-state index in [9.17, 15) is 12.8 Å². The molecule has 3 heterocycles. The van der Waals surface area contributed by atoms with Crippen LogP contribution in [0.2, 0.25) is 0 Å². The Morgan fingerprint density at radius 1 is 1.11 bits per heavy atom. The number of aromatic amines is 1. The van der Waals surface area contributed by atoms with E-state index in [0.29, 0.717) is 44.4 Å². The lowest BCUT2D eigenvalue weighted by atomic mass is 10.1. The van der Waals surface area contributed by atoms with Crippen LogP contribution in [0.15, 0.2) is 52.9 Å². The first-order valence-electron chi connectivity index (χ1n) is 8.19. The van der Waals surface area contributed by atoms with Crippen molar-refractivity contribution < 1.29 is 12.8 Å². The minimum absolute atomic E-state index is 0.265. The molecule has 0 saturated carbocycles. The lowest BCUT2D eigenvalue weighted by molar-refractivity contribution is 0.605. The molecule has 134 valence electrons. The van der Waals surface area contributed by atoms with Crippen molar-refractivity contribution in [1.82, 2.24) is 15.2 Å². The first kappa shape index (κ1) is 16.0. The van der Waals surface area contributed by atoms with Crippen LogP contribution >= 0.6 is 0 Å². The summed E-state index contributed by atoms with van der Waals surface area (Å²) in [6, 6.07) is 9.49. The molecule has 0 spiro atoms. The topological polar surface area (TPSA) is 87.7 Å². The van der Waals surface area contributed by atoms with E-state index >= 15 is 0 Å². The van der Waals surface area contributed by atoms with E-state index in [1.165, 1.54) is 17.5 Å². The zero-order valence-corrected chi connectivity index (χ0v) is 14.9. The van der Waals surface area contributed by atoms with E-state index in [1.807, 2.05) is 0 Å². The van der Waals surface area contributed by atoms with Gasteiger partial charge in [0.1, 0.15) is 5.82 Å². The molecule has 2 aromatic heterocycles. The van der Waals surface area contributed by atoms with Crippen LogP contribution in [0.4, 0.5) is 15.9 Å². The molecular formula is C19H13FN4O2S.